The van der Waals surface area contributed by atoms with Crippen molar-refractivity contribution < 1.29 is 0 Å². The fourth-order valence-electron chi connectivity index (χ4n) is 2.58. The first-order chi connectivity index (χ1) is 8.20. The van der Waals surface area contributed by atoms with Crippen molar-refractivity contribution >= 4 is 11.0 Å². The monoisotopic (exact) mass is 244 g/mol. The minimum Gasteiger partial charge on any atom is -0.327 e. The number of benzene rings is 1. The highest BCUT2D eigenvalue weighted by molar-refractivity contribution is 5.84. The Balaban J connectivity index is 2.77. The largest absolute Gasteiger partial charge is 0.327 e. The first-order valence-corrected chi connectivity index (χ1v) is 6.64. The van der Waals surface area contributed by atoms with Gasteiger partial charge in [0.05, 0.1) is 11.0 Å². The molecule has 0 radical (unpaired) electrons. The number of aromatic nitrogens is 2. The molecule has 2 nitrogen and oxygen atoms in total. The molecular weight excluding hydrogens is 220 g/mol. The molecule has 0 fully saturated rings. The molecule has 0 aliphatic rings. The van der Waals surface area contributed by atoms with E-state index in [9.17, 15) is 0 Å². The summed E-state index contributed by atoms with van der Waals surface area (Å²) in [6.45, 7) is 16.5. The van der Waals surface area contributed by atoms with Crippen LogP contribution in [-0.2, 0) is 6.54 Å². The van der Waals surface area contributed by atoms with E-state index in [2.05, 4.69) is 59.1 Å². The van der Waals surface area contributed by atoms with Gasteiger partial charge in [0, 0.05) is 6.54 Å². The SMILES string of the molecule is Cc1cc(C)c2nc(C)n(CC(C)(C)C)c2c1C. The van der Waals surface area contributed by atoms with Crippen molar-refractivity contribution in [3.05, 3.63) is 28.6 Å². The van der Waals surface area contributed by atoms with E-state index >= 15 is 0 Å². The van der Waals surface area contributed by atoms with Gasteiger partial charge >= 0.3 is 0 Å². The number of imidazole rings is 1. The smallest absolute Gasteiger partial charge is 0.106 e. The lowest BCUT2D eigenvalue weighted by atomic mass is 9.96. The molecule has 0 atom stereocenters. The molecule has 1 aromatic heterocycles. The lowest BCUT2D eigenvalue weighted by Gasteiger charge is -2.21. The second-order valence-electron chi connectivity index (χ2n) is 6.64. The van der Waals surface area contributed by atoms with Crippen LogP contribution in [0.5, 0.6) is 0 Å². The average molecular weight is 244 g/mol. The molecule has 2 rings (SSSR count). The molecule has 1 aromatic carbocycles. The second kappa shape index (κ2) is 4.11. The Labute approximate surface area is 110 Å². The molecule has 1 heterocycles. The first-order valence-electron chi connectivity index (χ1n) is 6.64. The van der Waals surface area contributed by atoms with Crippen molar-refractivity contribution in [1.82, 2.24) is 9.55 Å². The third-order valence-corrected chi connectivity index (χ3v) is 3.54. The predicted octanol–water partition coefficient (Wildman–Crippen LogP) is 4.32. The summed E-state index contributed by atoms with van der Waals surface area (Å²) < 4.78 is 2.38. The quantitative estimate of drug-likeness (QED) is 0.730. The molecule has 0 bridgehead atoms. The molecular formula is C16H24N2. The third kappa shape index (κ3) is 2.16. The van der Waals surface area contributed by atoms with Gasteiger partial charge in [-0.05, 0) is 49.8 Å². The van der Waals surface area contributed by atoms with Gasteiger partial charge in [0.1, 0.15) is 5.82 Å². The standard InChI is InChI=1S/C16H24N2/c1-10-8-11(2)14-15(12(10)3)18(13(4)17-14)9-16(5,6)7/h8H,9H2,1-7H3. The van der Waals surface area contributed by atoms with Gasteiger partial charge < -0.3 is 4.57 Å². The van der Waals surface area contributed by atoms with Crippen LogP contribution in [0.25, 0.3) is 11.0 Å². The fraction of sp³-hybridized carbons (Fsp3) is 0.562. The van der Waals surface area contributed by atoms with Gasteiger partial charge in [0.25, 0.3) is 0 Å². The minimum atomic E-state index is 0.266. The van der Waals surface area contributed by atoms with Crippen molar-refractivity contribution in [3.63, 3.8) is 0 Å². The van der Waals surface area contributed by atoms with Gasteiger partial charge in [-0.2, -0.15) is 0 Å². The van der Waals surface area contributed by atoms with Crippen molar-refractivity contribution in [3.8, 4) is 0 Å². The Morgan fingerprint density at radius 1 is 1.06 bits per heavy atom. The summed E-state index contributed by atoms with van der Waals surface area (Å²) in [7, 11) is 0. The Kier molecular flexibility index (Phi) is 3.00. The first kappa shape index (κ1) is 13.1. The predicted molar refractivity (Wildman–Crippen MR) is 78.1 cm³/mol. The zero-order valence-corrected chi connectivity index (χ0v) is 12.7. The number of fused-ring (bicyclic) bond motifs is 1. The summed E-state index contributed by atoms with van der Waals surface area (Å²) in [5.41, 5.74) is 6.75. The molecule has 0 aliphatic carbocycles. The van der Waals surface area contributed by atoms with E-state index in [1.807, 2.05) is 0 Å². The van der Waals surface area contributed by atoms with Gasteiger partial charge in [0.2, 0.25) is 0 Å². The molecule has 0 amide bonds. The highest BCUT2D eigenvalue weighted by atomic mass is 15.1. The van der Waals surface area contributed by atoms with E-state index in [1.165, 1.54) is 27.7 Å². The second-order valence-corrected chi connectivity index (χ2v) is 6.64. The number of aryl methyl sites for hydroxylation is 4. The topological polar surface area (TPSA) is 17.8 Å². The molecule has 2 aromatic rings. The maximum absolute atomic E-state index is 4.76. The maximum atomic E-state index is 4.76. The lowest BCUT2D eigenvalue weighted by molar-refractivity contribution is 0.345. The normalized spacial score (nSPS) is 12.4. The number of hydrogen-bond donors (Lipinski definition) is 0. The number of hydrogen-bond acceptors (Lipinski definition) is 1. The van der Waals surface area contributed by atoms with E-state index in [1.54, 1.807) is 0 Å². The van der Waals surface area contributed by atoms with Crippen LogP contribution in [0.4, 0.5) is 0 Å². The van der Waals surface area contributed by atoms with Crippen LogP contribution in [0.15, 0.2) is 6.07 Å². The van der Waals surface area contributed by atoms with Crippen LogP contribution in [0.3, 0.4) is 0 Å². The van der Waals surface area contributed by atoms with Crippen LogP contribution in [0.2, 0.25) is 0 Å². The Morgan fingerprint density at radius 2 is 1.67 bits per heavy atom. The molecule has 98 valence electrons. The van der Waals surface area contributed by atoms with Gasteiger partial charge in [-0.1, -0.05) is 26.8 Å². The molecule has 0 saturated carbocycles. The summed E-state index contributed by atoms with van der Waals surface area (Å²) in [4.78, 5) is 4.76. The third-order valence-electron chi connectivity index (χ3n) is 3.54. The van der Waals surface area contributed by atoms with Crippen LogP contribution in [0.1, 0.15) is 43.3 Å². The van der Waals surface area contributed by atoms with Crippen molar-refractivity contribution in [2.45, 2.75) is 55.0 Å². The zero-order valence-electron chi connectivity index (χ0n) is 12.7. The van der Waals surface area contributed by atoms with E-state index in [4.69, 9.17) is 4.98 Å². The molecule has 2 heteroatoms. The fourth-order valence-corrected chi connectivity index (χ4v) is 2.58. The van der Waals surface area contributed by atoms with E-state index in [0.717, 1.165) is 12.4 Å². The van der Waals surface area contributed by atoms with Crippen LogP contribution in [0, 0.1) is 33.1 Å². The van der Waals surface area contributed by atoms with Crippen molar-refractivity contribution in [2.24, 2.45) is 5.41 Å². The zero-order chi connectivity index (χ0) is 13.7. The summed E-state index contributed by atoms with van der Waals surface area (Å²) in [6.07, 6.45) is 0. The molecule has 0 N–H and O–H groups in total. The van der Waals surface area contributed by atoms with Crippen molar-refractivity contribution in [2.75, 3.05) is 0 Å². The summed E-state index contributed by atoms with van der Waals surface area (Å²) in [6, 6.07) is 2.24. The Bertz CT molecular complexity index is 598. The van der Waals surface area contributed by atoms with Gasteiger partial charge in [-0.25, -0.2) is 4.98 Å². The summed E-state index contributed by atoms with van der Waals surface area (Å²) in [5.74, 6) is 1.12. The molecule has 0 spiro atoms. The molecule has 0 unspecified atom stereocenters. The summed E-state index contributed by atoms with van der Waals surface area (Å²) in [5, 5.41) is 0. The Morgan fingerprint density at radius 3 is 2.22 bits per heavy atom. The van der Waals surface area contributed by atoms with Crippen LogP contribution in [-0.4, -0.2) is 9.55 Å². The summed E-state index contributed by atoms with van der Waals surface area (Å²) >= 11 is 0. The maximum Gasteiger partial charge on any atom is 0.106 e. The van der Waals surface area contributed by atoms with E-state index < -0.39 is 0 Å². The average Bonchev–Trinajstić information content (AvgIpc) is 2.52. The van der Waals surface area contributed by atoms with Crippen LogP contribution >= 0.6 is 0 Å². The highest BCUT2D eigenvalue weighted by Gasteiger charge is 2.18. The minimum absolute atomic E-state index is 0.266. The van der Waals surface area contributed by atoms with E-state index in [0.29, 0.717) is 0 Å². The number of rotatable bonds is 1. The van der Waals surface area contributed by atoms with Gasteiger partial charge in [-0.3, -0.25) is 0 Å². The van der Waals surface area contributed by atoms with Crippen LogP contribution < -0.4 is 0 Å². The Hall–Kier alpha value is -1.31. The molecule has 18 heavy (non-hydrogen) atoms. The van der Waals surface area contributed by atoms with Gasteiger partial charge in [-0.15, -0.1) is 0 Å². The van der Waals surface area contributed by atoms with Crippen molar-refractivity contribution in [1.29, 1.82) is 0 Å². The van der Waals surface area contributed by atoms with E-state index in [-0.39, 0.29) is 5.41 Å². The van der Waals surface area contributed by atoms with Gasteiger partial charge in [0.15, 0.2) is 0 Å². The highest BCUT2D eigenvalue weighted by Crippen LogP contribution is 2.28. The molecule has 0 aliphatic heterocycles. The molecule has 0 saturated heterocycles. The lowest BCUT2D eigenvalue weighted by Crippen LogP contribution is -2.16. The number of nitrogens with zero attached hydrogens (tertiary/aromatic N) is 2.